The molecule has 0 bridgehead atoms. The number of phenols is 1. The molecule has 1 aliphatic rings. The minimum atomic E-state index is -0.568. The zero-order chi connectivity index (χ0) is 17.9. The first-order chi connectivity index (χ1) is 12.7. The van der Waals surface area contributed by atoms with Gasteiger partial charge in [-0.1, -0.05) is 12.1 Å². The summed E-state index contributed by atoms with van der Waals surface area (Å²) < 4.78 is 1.15. The van der Waals surface area contributed by atoms with Gasteiger partial charge in [-0.05, 0) is 42.0 Å². The summed E-state index contributed by atoms with van der Waals surface area (Å²) in [6.07, 6.45) is 3.10. The summed E-state index contributed by atoms with van der Waals surface area (Å²) in [6, 6.07) is 9.13. The van der Waals surface area contributed by atoms with Gasteiger partial charge < -0.3 is 20.4 Å². The van der Waals surface area contributed by atoms with Crippen molar-refractivity contribution in [3.05, 3.63) is 47.6 Å². The van der Waals surface area contributed by atoms with E-state index in [1.54, 1.807) is 41.9 Å². The van der Waals surface area contributed by atoms with E-state index in [0.29, 0.717) is 12.6 Å². The third-order valence-electron chi connectivity index (χ3n) is 4.90. The predicted molar refractivity (Wildman–Crippen MR) is 104 cm³/mol. The van der Waals surface area contributed by atoms with Gasteiger partial charge in [0.15, 0.2) is 0 Å². The fraction of sp³-hybridized carbons (Fsp3) is 0.368. The molecule has 3 heterocycles. The van der Waals surface area contributed by atoms with Gasteiger partial charge in [-0.25, -0.2) is 9.97 Å². The Morgan fingerprint density at radius 2 is 1.92 bits per heavy atom. The number of hydrogen-bond donors (Lipinski definition) is 3. The molecule has 0 aliphatic carbocycles. The number of thiophene rings is 1. The molecule has 1 aromatic carbocycles. The lowest BCUT2D eigenvalue weighted by Crippen LogP contribution is -2.44. The van der Waals surface area contributed by atoms with Crippen molar-refractivity contribution >= 4 is 27.4 Å². The van der Waals surface area contributed by atoms with E-state index >= 15 is 0 Å². The van der Waals surface area contributed by atoms with Crippen LogP contribution in [0.5, 0.6) is 5.75 Å². The first-order valence-corrected chi connectivity index (χ1v) is 9.72. The molecule has 1 unspecified atom stereocenters. The second kappa shape index (κ2) is 7.57. The lowest BCUT2D eigenvalue weighted by molar-refractivity contribution is 0.167. The van der Waals surface area contributed by atoms with E-state index < -0.39 is 6.10 Å². The highest BCUT2D eigenvalue weighted by Gasteiger charge is 2.22. The number of nitrogens with zero attached hydrogens (tertiary/aromatic N) is 3. The van der Waals surface area contributed by atoms with E-state index in [0.717, 1.165) is 47.5 Å². The summed E-state index contributed by atoms with van der Waals surface area (Å²) in [5, 5.41) is 25.2. The van der Waals surface area contributed by atoms with E-state index in [1.807, 2.05) is 6.07 Å². The van der Waals surface area contributed by atoms with E-state index in [1.165, 1.54) is 0 Å². The van der Waals surface area contributed by atoms with Gasteiger partial charge in [0.2, 0.25) is 0 Å². The molecule has 0 amide bonds. The Labute approximate surface area is 156 Å². The zero-order valence-corrected chi connectivity index (χ0v) is 15.2. The molecule has 1 atom stereocenters. The highest BCUT2D eigenvalue weighted by atomic mass is 32.1. The molecule has 3 aromatic rings. The number of nitrogens with one attached hydrogen (secondary N) is 1. The number of aromatic hydroxyl groups is 1. The number of aliphatic hydroxyl groups excluding tert-OH is 1. The average molecular weight is 370 g/mol. The molecule has 1 fully saturated rings. The van der Waals surface area contributed by atoms with Gasteiger partial charge in [0, 0.05) is 25.7 Å². The third-order valence-corrected chi connectivity index (χ3v) is 5.80. The Kier molecular flexibility index (Phi) is 5.01. The summed E-state index contributed by atoms with van der Waals surface area (Å²) in [5.41, 5.74) is 1.83. The normalized spacial score (nSPS) is 16.9. The van der Waals surface area contributed by atoms with Crippen LogP contribution < -0.4 is 10.2 Å². The molecule has 26 heavy (non-hydrogen) atoms. The van der Waals surface area contributed by atoms with Crippen LogP contribution in [0.3, 0.4) is 0 Å². The zero-order valence-electron chi connectivity index (χ0n) is 14.4. The molecule has 0 radical (unpaired) electrons. The lowest BCUT2D eigenvalue weighted by atomic mass is 10.0. The van der Waals surface area contributed by atoms with Crippen molar-refractivity contribution in [3.8, 4) is 5.75 Å². The van der Waals surface area contributed by atoms with Gasteiger partial charge in [0.25, 0.3) is 0 Å². The fourth-order valence-electron chi connectivity index (χ4n) is 3.39. The van der Waals surface area contributed by atoms with Crippen LogP contribution in [0.15, 0.2) is 42.0 Å². The Morgan fingerprint density at radius 3 is 2.69 bits per heavy atom. The molecule has 0 spiro atoms. The van der Waals surface area contributed by atoms with Gasteiger partial charge in [-0.15, -0.1) is 11.3 Å². The molecule has 1 aliphatic heterocycles. The quantitative estimate of drug-likeness (QED) is 0.641. The van der Waals surface area contributed by atoms with Gasteiger partial charge in [0.1, 0.15) is 17.9 Å². The molecule has 6 nitrogen and oxygen atoms in total. The maximum Gasteiger partial charge on any atom is 0.150 e. The summed E-state index contributed by atoms with van der Waals surface area (Å²) >= 11 is 1.69. The molecule has 0 saturated carbocycles. The minimum Gasteiger partial charge on any atom is -0.508 e. The third kappa shape index (κ3) is 3.65. The second-order valence-corrected chi connectivity index (χ2v) is 7.53. The van der Waals surface area contributed by atoms with Gasteiger partial charge >= 0.3 is 0 Å². The molecular formula is C19H22N4O2S. The summed E-state index contributed by atoms with van der Waals surface area (Å²) in [6.45, 7) is 2.39. The molecule has 7 heteroatoms. The topological polar surface area (TPSA) is 81.5 Å². The lowest BCUT2D eigenvalue weighted by Gasteiger charge is -2.33. The summed E-state index contributed by atoms with van der Waals surface area (Å²) in [5.74, 6) is 1.25. The van der Waals surface area contributed by atoms with Crippen molar-refractivity contribution in [3.63, 3.8) is 0 Å². The van der Waals surface area contributed by atoms with Crippen molar-refractivity contribution in [2.24, 2.45) is 0 Å². The Morgan fingerprint density at radius 1 is 1.15 bits per heavy atom. The maximum atomic E-state index is 10.3. The molecule has 1 saturated heterocycles. The van der Waals surface area contributed by atoms with Crippen LogP contribution >= 0.6 is 11.3 Å². The Balaban J connectivity index is 1.31. The standard InChI is InChI=1S/C19H22N4O2S/c24-15-3-1-13(2-4-15)17(25)11-20-14-5-8-23(9-6-14)19-18-16(7-10-26-18)21-12-22-19/h1-4,7,10,12,14,17,20,24-25H,5-6,8-9,11H2. The molecular weight excluding hydrogens is 348 g/mol. The number of phenolic OH excluding ortho intramolecular Hbond substituents is 1. The van der Waals surface area contributed by atoms with E-state index in [2.05, 4.69) is 25.6 Å². The Hall–Kier alpha value is -2.22. The average Bonchev–Trinajstić information content (AvgIpc) is 3.16. The van der Waals surface area contributed by atoms with Crippen LogP contribution in [-0.2, 0) is 0 Å². The first kappa shape index (κ1) is 17.2. The number of aliphatic hydroxyl groups is 1. The van der Waals surface area contributed by atoms with E-state index in [-0.39, 0.29) is 5.75 Å². The Bertz CT molecular complexity index is 859. The van der Waals surface area contributed by atoms with E-state index in [9.17, 15) is 10.2 Å². The highest BCUT2D eigenvalue weighted by Crippen LogP contribution is 2.29. The van der Waals surface area contributed by atoms with Gasteiger partial charge in [-0.2, -0.15) is 0 Å². The maximum absolute atomic E-state index is 10.3. The van der Waals surface area contributed by atoms with Crippen LogP contribution in [0.25, 0.3) is 10.2 Å². The number of hydrogen-bond acceptors (Lipinski definition) is 7. The second-order valence-electron chi connectivity index (χ2n) is 6.61. The molecule has 136 valence electrons. The van der Waals surface area contributed by atoms with Crippen LogP contribution in [0.4, 0.5) is 5.82 Å². The summed E-state index contributed by atoms with van der Waals surface area (Å²) in [4.78, 5) is 11.1. The molecule has 3 N–H and O–H groups in total. The largest absolute Gasteiger partial charge is 0.508 e. The highest BCUT2D eigenvalue weighted by molar-refractivity contribution is 7.17. The van der Waals surface area contributed by atoms with Crippen LogP contribution in [0, 0.1) is 0 Å². The molecule has 4 rings (SSSR count). The smallest absolute Gasteiger partial charge is 0.150 e. The number of anilines is 1. The van der Waals surface area contributed by atoms with Crippen molar-refractivity contribution in [1.82, 2.24) is 15.3 Å². The first-order valence-electron chi connectivity index (χ1n) is 8.84. The van der Waals surface area contributed by atoms with Crippen LogP contribution in [0.2, 0.25) is 0 Å². The number of rotatable bonds is 5. The van der Waals surface area contributed by atoms with E-state index in [4.69, 9.17) is 0 Å². The number of aromatic nitrogens is 2. The number of benzene rings is 1. The SMILES string of the molecule is Oc1ccc(C(O)CNC2CCN(c3ncnc4ccsc34)CC2)cc1. The minimum absolute atomic E-state index is 0.214. The fourth-order valence-corrected chi connectivity index (χ4v) is 4.25. The summed E-state index contributed by atoms with van der Waals surface area (Å²) in [7, 11) is 0. The van der Waals surface area contributed by atoms with Gasteiger partial charge in [0.05, 0.1) is 16.3 Å². The van der Waals surface area contributed by atoms with Crippen molar-refractivity contribution in [2.75, 3.05) is 24.5 Å². The number of piperidine rings is 1. The van der Waals surface area contributed by atoms with Crippen molar-refractivity contribution in [1.29, 1.82) is 0 Å². The van der Waals surface area contributed by atoms with Crippen molar-refractivity contribution in [2.45, 2.75) is 25.0 Å². The molecule has 2 aromatic heterocycles. The van der Waals surface area contributed by atoms with Gasteiger partial charge in [-0.3, -0.25) is 0 Å². The number of fused-ring (bicyclic) bond motifs is 1. The monoisotopic (exact) mass is 370 g/mol. The van der Waals surface area contributed by atoms with Crippen molar-refractivity contribution < 1.29 is 10.2 Å². The van der Waals surface area contributed by atoms with Crippen LogP contribution in [0.1, 0.15) is 24.5 Å². The predicted octanol–water partition coefficient (Wildman–Crippen LogP) is 2.69. The van der Waals surface area contributed by atoms with Crippen LogP contribution in [-0.4, -0.2) is 45.9 Å².